The Bertz CT molecular complexity index is 803. The van der Waals surface area contributed by atoms with Crippen LogP contribution in [-0.2, 0) is 22.5 Å². The number of benzene rings is 2. The molecule has 1 aliphatic rings. The SMILES string of the molecule is COc1cc(CC(=O)NC[C@H]2CN(Cc3ccccc3)CCO2)cc(OC)c1OC. The second-order valence-corrected chi connectivity index (χ2v) is 7.23. The zero-order chi connectivity index (χ0) is 21.3. The topological polar surface area (TPSA) is 69.3 Å². The van der Waals surface area contributed by atoms with E-state index in [4.69, 9.17) is 18.9 Å². The maximum atomic E-state index is 12.5. The van der Waals surface area contributed by atoms with Crippen LogP contribution in [0.2, 0.25) is 0 Å². The van der Waals surface area contributed by atoms with Gasteiger partial charge in [-0.3, -0.25) is 9.69 Å². The third-order valence-electron chi connectivity index (χ3n) is 5.09. The fourth-order valence-corrected chi connectivity index (χ4v) is 3.60. The number of morpholine rings is 1. The Kier molecular flexibility index (Phi) is 7.93. The van der Waals surface area contributed by atoms with E-state index in [1.54, 1.807) is 33.5 Å². The normalized spacial score (nSPS) is 16.7. The first-order valence-electron chi connectivity index (χ1n) is 10.1. The molecule has 1 N–H and O–H groups in total. The molecule has 2 aromatic rings. The molecule has 3 rings (SSSR count). The maximum absolute atomic E-state index is 12.5. The van der Waals surface area contributed by atoms with Gasteiger partial charge in [0.2, 0.25) is 11.7 Å². The molecule has 1 heterocycles. The van der Waals surface area contributed by atoms with Gasteiger partial charge in [-0.15, -0.1) is 0 Å². The van der Waals surface area contributed by atoms with Crippen molar-refractivity contribution in [1.82, 2.24) is 10.2 Å². The number of carbonyl (C=O) groups is 1. The smallest absolute Gasteiger partial charge is 0.224 e. The van der Waals surface area contributed by atoms with Gasteiger partial charge in [-0.1, -0.05) is 30.3 Å². The molecule has 0 bridgehead atoms. The lowest BCUT2D eigenvalue weighted by Gasteiger charge is -2.33. The summed E-state index contributed by atoms with van der Waals surface area (Å²) in [5.41, 5.74) is 2.07. The molecule has 1 amide bonds. The fraction of sp³-hybridized carbons (Fsp3) is 0.435. The number of hydrogen-bond acceptors (Lipinski definition) is 6. The van der Waals surface area contributed by atoms with Crippen molar-refractivity contribution in [3.8, 4) is 17.2 Å². The Morgan fingerprint density at radius 1 is 1.07 bits per heavy atom. The van der Waals surface area contributed by atoms with E-state index in [-0.39, 0.29) is 18.4 Å². The van der Waals surface area contributed by atoms with Crippen LogP contribution in [-0.4, -0.2) is 64.5 Å². The highest BCUT2D eigenvalue weighted by molar-refractivity contribution is 5.79. The lowest BCUT2D eigenvalue weighted by molar-refractivity contribution is -0.121. The first-order chi connectivity index (χ1) is 14.6. The summed E-state index contributed by atoms with van der Waals surface area (Å²) >= 11 is 0. The van der Waals surface area contributed by atoms with E-state index in [9.17, 15) is 4.79 Å². The molecule has 1 atom stereocenters. The average molecular weight is 415 g/mol. The summed E-state index contributed by atoms with van der Waals surface area (Å²) in [6, 6.07) is 14.0. The molecule has 1 fully saturated rings. The predicted octanol–water partition coefficient (Wildman–Crippen LogP) is 2.27. The van der Waals surface area contributed by atoms with Gasteiger partial charge in [-0.05, 0) is 23.3 Å². The molecule has 0 saturated carbocycles. The van der Waals surface area contributed by atoms with Crippen LogP contribution in [0.5, 0.6) is 17.2 Å². The molecule has 0 radical (unpaired) electrons. The summed E-state index contributed by atoms with van der Waals surface area (Å²) in [5, 5.41) is 2.99. The van der Waals surface area contributed by atoms with E-state index in [1.807, 2.05) is 6.07 Å². The zero-order valence-corrected chi connectivity index (χ0v) is 17.8. The summed E-state index contributed by atoms with van der Waals surface area (Å²) in [4.78, 5) is 14.8. The van der Waals surface area contributed by atoms with Gasteiger partial charge < -0.3 is 24.3 Å². The van der Waals surface area contributed by atoms with Crippen LogP contribution < -0.4 is 19.5 Å². The summed E-state index contributed by atoms with van der Waals surface area (Å²) in [6.45, 7) is 3.72. The van der Waals surface area contributed by atoms with Crippen molar-refractivity contribution in [1.29, 1.82) is 0 Å². The van der Waals surface area contributed by atoms with Gasteiger partial charge >= 0.3 is 0 Å². The molecule has 0 spiro atoms. The molecular weight excluding hydrogens is 384 g/mol. The predicted molar refractivity (Wildman–Crippen MR) is 114 cm³/mol. The van der Waals surface area contributed by atoms with Crippen molar-refractivity contribution in [2.24, 2.45) is 0 Å². The van der Waals surface area contributed by atoms with Crippen LogP contribution in [0.4, 0.5) is 0 Å². The molecule has 30 heavy (non-hydrogen) atoms. The lowest BCUT2D eigenvalue weighted by Crippen LogP contribution is -2.47. The highest BCUT2D eigenvalue weighted by atomic mass is 16.5. The van der Waals surface area contributed by atoms with E-state index in [0.717, 1.165) is 25.2 Å². The van der Waals surface area contributed by atoms with E-state index in [2.05, 4.69) is 34.5 Å². The van der Waals surface area contributed by atoms with Crippen LogP contribution in [0.1, 0.15) is 11.1 Å². The first-order valence-corrected chi connectivity index (χ1v) is 10.1. The number of nitrogens with one attached hydrogen (secondary N) is 1. The highest BCUT2D eigenvalue weighted by Crippen LogP contribution is 2.38. The van der Waals surface area contributed by atoms with Crippen molar-refractivity contribution in [2.75, 3.05) is 47.6 Å². The van der Waals surface area contributed by atoms with Crippen molar-refractivity contribution in [3.05, 3.63) is 53.6 Å². The number of carbonyl (C=O) groups excluding carboxylic acids is 1. The molecule has 7 heteroatoms. The van der Waals surface area contributed by atoms with Crippen LogP contribution in [0.3, 0.4) is 0 Å². The summed E-state index contributed by atoms with van der Waals surface area (Å²) in [7, 11) is 4.67. The lowest BCUT2D eigenvalue weighted by atomic mass is 10.1. The van der Waals surface area contributed by atoms with Crippen LogP contribution in [0, 0.1) is 0 Å². The molecule has 0 unspecified atom stereocenters. The Morgan fingerprint density at radius 2 is 1.77 bits per heavy atom. The minimum Gasteiger partial charge on any atom is -0.493 e. The van der Waals surface area contributed by atoms with Crippen LogP contribution in [0.25, 0.3) is 0 Å². The van der Waals surface area contributed by atoms with Crippen molar-refractivity contribution in [2.45, 2.75) is 19.1 Å². The van der Waals surface area contributed by atoms with Gasteiger partial charge in [0, 0.05) is 26.2 Å². The molecule has 7 nitrogen and oxygen atoms in total. The Morgan fingerprint density at radius 3 is 2.40 bits per heavy atom. The maximum Gasteiger partial charge on any atom is 0.224 e. The van der Waals surface area contributed by atoms with Gasteiger partial charge in [0.25, 0.3) is 0 Å². The molecule has 1 saturated heterocycles. The van der Waals surface area contributed by atoms with Gasteiger partial charge in [-0.2, -0.15) is 0 Å². The van der Waals surface area contributed by atoms with Crippen LogP contribution >= 0.6 is 0 Å². The third-order valence-corrected chi connectivity index (χ3v) is 5.09. The Balaban J connectivity index is 1.52. The largest absolute Gasteiger partial charge is 0.493 e. The van der Waals surface area contributed by atoms with Crippen molar-refractivity contribution in [3.63, 3.8) is 0 Å². The standard InChI is InChI=1S/C23H30N2O5/c1-27-20-11-18(12-21(28-2)23(20)29-3)13-22(26)24-14-19-16-25(9-10-30-19)15-17-7-5-4-6-8-17/h4-8,11-12,19H,9-10,13-16H2,1-3H3,(H,24,26)/t19-/m0/s1. The van der Waals surface area contributed by atoms with Gasteiger partial charge in [0.1, 0.15) is 0 Å². The molecule has 162 valence electrons. The summed E-state index contributed by atoms with van der Waals surface area (Å²) < 4.78 is 21.9. The number of hydrogen-bond donors (Lipinski definition) is 1. The van der Waals surface area contributed by atoms with E-state index < -0.39 is 0 Å². The average Bonchev–Trinajstić information content (AvgIpc) is 2.78. The number of methoxy groups -OCH3 is 3. The molecule has 0 aliphatic carbocycles. The number of ether oxygens (including phenoxy) is 4. The van der Waals surface area contributed by atoms with Crippen molar-refractivity contribution >= 4 is 5.91 Å². The molecular formula is C23H30N2O5. The second-order valence-electron chi connectivity index (χ2n) is 7.23. The minimum atomic E-state index is -0.0759. The highest BCUT2D eigenvalue weighted by Gasteiger charge is 2.21. The van der Waals surface area contributed by atoms with E-state index >= 15 is 0 Å². The summed E-state index contributed by atoms with van der Waals surface area (Å²) in [5.74, 6) is 1.50. The molecule has 0 aromatic heterocycles. The van der Waals surface area contributed by atoms with Gasteiger partial charge in [0.15, 0.2) is 11.5 Å². The number of amides is 1. The Labute approximate surface area is 177 Å². The summed E-state index contributed by atoms with van der Waals surface area (Å²) in [6.07, 6.45) is 0.198. The van der Waals surface area contributed by atoms with E-state index in [0.29, 0.717) is 30.4 Å². The number of rotatable bonds is 9. The Hall–Kier alpha value is -2.77. The monoisotopic (exact) mass is 414 g/mol. The van der Waals surface area contributed by atoms with Crippen molar-refractivity contribution < 1.29 is 23.7 Å². The van der Waals surface area contributed by atoms with E-state index in [1.165, 1.54) is 5.56 Å². The molecule has 1 aliphatic heterocycles. The third kappa shape index (κ3) is 5.87. The first kappa shape index (κ1) is 21.9. The fourth-order valence-electron chi connectivity index (χ4n) is 3.60. The zero-order valence-electron chi connectivity index (χ0n) is 17.8. The molecule has 2 aromatic carbocycles. The quantitative estimate of drug-likeness (QED) is 0.679. The van der Waals surface area contributed by atoms with Gasteiger partial charge in [-0.25, -0.2) is 0 Å². The minimum absolute atomic E-state index is 0.0219. The van der Waals surface area contributed by atoms with Crippen LogP contribution in [0.15, 0.2) is 42.5 Å². The van der Waals surface area contributed by atoms with Gasteiger partial charge in [0.05, 0.1) is 40.5 Å². The second kappa shape index (κ2) is 10.8. The number of nitrogens with zero attached hydrogens (tertiary/aromatic N) is 1.